The number of benzene rings is 1. The second-order valence-corrected chi connectivity index (χ2v) is 6.15. The standard InChI is InChI=1S/C15H15BrOS/c1-3-5-12(17)14-9-8-13(18-14)11-7-4-6-10(2)15(11)16/h4,6-9H,3,5H2,1-2H3. The van der Waals surface area contributed by atoms with Crippen LogP contribution in [0.25, 0.3) is 10.4 Å². The van der Waals surface area contributed by atoms with Crippen LogP contribution in [0.3, 0.4) is 0 Å². The topological polar surface area (TPSA) is 17.1 Å². The van der Waals surface area contributed by atoms with Gasteiger partial charge in [-0.25, -0.2) is 0 Å². The van der Waals surface area contributed by atoms with Gasteiger partial charge in [-0.2, -0.15) is 0 Å². The Hall–Kier alpha value is -0.930. The van der Waals surface area contributed by atoms with Crippen LogP contribution in [0.4, 0.5) is 0 Å². The molecule has 1 aromatic carbocycles. The van der Waals surface area contributed by atoms with Gasteiger partial charge in [-0.3, -0.25) is 4.79 Å². The summed E-state index contributed by atoms with van der Waals surface area (Å²) in [5.74, 6) is 0.248. The molecule has 0 saturated heterocycles. The molecule has 0 fully saturated rings. The molecule has 0 aliphatic carbocycles. The lowest BCUT2D eigenvalue weighted by atomic mass is 10.1. The van der Waals surface area contributed by atoms with Gasteiger partial charge < -0.3 is 0 Å². The van der Waals surface area contributed by atoms with Gasteiger partial charge in [0.05, 0.1) is 4.88 Å². The molecule has 0 aliphatic rings. The monoisotopic (exact) mass is 322 g/mol. The number of Topliss-reactive ketones (excluding diaryl/α,β-unsaturated/α-hetero) is 1. The van der Waals surface area contributed by atoms with Gasteiger partial charge in [-0.05, 0) is 47.0 Å². The molecule has 0 radical (unpaired) electrons. The Labute approximate surface area is 120 Å². The molecule has 0 bridgehead atoms. The Balaban J connectivity index is 2.35. The third-order valence-corrected chi connectivity index (χ3v) is 5.03. The van der Waals surface area contributed by atoms with Gasteiger partial charge in [0.2, 0.25) is 0 Å². The molecule has 0 aliphatic heterocycles. The normalized spacial score (nSPS) is 10.6. The van der Waals surface area contributed by atoms with Crippen molar-refractivity contribution in [1.82, 2.24) is 0 Å². The maximum Gasteiger partial charge on any atom is 0.172 e. The summed E-state index contributed by atoms with van der Waals surface area (Å²) in [5, 5.41) is 0. The predicted octanol–water partition coefficient (Wildman–Crippen LogP) is 5.47. The maximum absolute atomic E-state index is 11.8. The van der Waals surface area contributed by atoms with Crippen molar-refractivity contribution >= 4 is 33.0 Å². The number of rotatable bonds is 4. The summed E-state index contributed by atoms with van der Waals surface area (Å²) >= 11 is 5.19. The Kier molecular flexibility index (Phi) is 4.36. The predicted molar refractivity (Wildman–Crippen MR) is 81.4 cm³/mol. The molecule has 94 valence electrons. The molecule has 18 heavy (non-hydrogen) atoms. The van der Waals surface area contributed by atoms with E-state index in [4.69, 9.17) is 0 Å². The molecule has 0 spiro atoms. The zero-order valence-corrected chi connectivity index (χ0v) is 12.9. The number of thiophene rings is 1. The van der Waals surface area contributed by atoms with E-state index in [2.05, 4.69) is 35.0 Å². The molecular weight excluding hydrogens is 308 g/mol. The minimum Gasteiger partial charge on any atom is -0.293 e. The smallest absolute Gasteiger partial charge is 0.172 e. The SMILES string of the molecule is CCCC(=O)c1ccc(-c2cccc(C)c2Br)s1. The van der Waals surface area contributed by atoms with Crippen molar-refractivity contribution < 1.29 is 4.79 Å². The van der Waals surface area contributed by atoms with Crippen molar-refractivity contribution in [1.29, 1.82) is 0 Å². The molecular formula is C15H15BrOS. The zero-order valence-electron chi connectivity index (χ0n) is 10.5. The van der Waals surface area contributed by atoms with E-state index in [1.54, 1.807) is 11.3 Å². The average molecular weight is 323 g/mol. The first-order valence-corrected chi connectivity index (χ1v) is 7.63. The van der Waals surface area contributed by atoms with Gasteiger partial charge >= 0.3 is 0 Å². The van der Waals surface area contributed by atoms with E-state index >= 15 is 0 Å². The van der Waals surface area contributed by atoms with Crippen LogP contribution in [0.5, 0.6) is 0 Å². The van der Waals surface area contributed by atoms with Crippen LogP contribution in [0.2, 0.25) is 0 Å². The van der Waals surface area contributed by atoms with Crippen LogP contribution < -0.4 is 0 Å². The van der Waals surface area contributed by atoms with Crippen molar-refractivity contribution in [3.05, 3.63) is 45.2 Å². The number of carbonyl (C=O) groups is 1. The average Bonchev–Trinajstić information content (AvgIpc) is 2.82. The van der Waals surface area contributed by atoms with Crippen LogP contribution in [-0.2, 0) is 0 Å². The van der Waals surface area contributed by atoms with Crippen LogP contribution >= 0.6 is 27.3 Å². The molecule has 1 nitrogen and oxygen atoms in total. The van der Waals surface area contributed by atoms with Gasteiger partial charge in [-0.15, -0.1) is 11.3 Å². The number of carbonyl (C=O) groups excluding carboxylic acids is 1. The van der Waals surface area contributed by atoms with E-state index in [0.29, 0.717) is 6.42 Å². The lowest BCUT2D eigenvalue weighted by Crippen LogP contribution is -1.93. The van der Waals surface area contributed by atoms with Crippen LogP contribution in [-0.4, -0.2) is 5.78 Å². The molecule has 3 heteroatoms. The van der Waals surface area contributed by atoms with Crippen molar-refractivity contribution in [3.8, 4) is 10.4 Å². The van der Waals surface area contributed by atoms with Crippen molar-refractivity contribution in [3.63, 3.8) is 0 Å². The quantitative estimate of drug-likeness (QED) is 0.682. The summed E-state index contributed by atoms with van der Waals surface area (Å²) in [4.78, 5) is 13.8. The van der Waals surface area contributed by atoms with Gasteiger partial charge in [0.25, 0.3) is 0 Å². The molecule has 2 rings (SSSR count). The highest BCUT2D eigenvalue weighted by molar-refractivity contribution is 9.10. The third-order valence-electron chi connectivity index (χ3n) is 2.82. The summed E-state index contributed by atoms with van der Waals surface area (Å²) in [5.41, 5.74) is 2.37. The highest BCUT2D eigenvalue weighted by Gasteiger charge is 2.11. The summed E-state index contributed by atoms with van der Waals surface area (Å²) in [6.45, 7) is 4.11. The van der Waals surface area contributed by atoms with Gasteiger partial charge in [-0.1, -0.05) is 25.1 Å². The first kappa shape index (κ1) is 13.5. The number of hydrogen-bond acceptors (Lipinski definition) is 2. The number of aryl methyl sites for hydroxylation is 1. The number of hydrogen-bond donors (Lipinski definition) is 0. The first-order valence-electron chi connectivity index (χ1n) is 6.02. The van der Waals surface area contributed by atoms with Gasteiger partial charge in [0, 0.05) is 21.3 Å². The van der Waals surface area contributed by atoms with E-state index in [0.717, 1.165) is 26.2 Å². The fraction of sp³-hybridized carbons (Fsp3) is 0.267. The molecule has 0 unspecified atom stereocenters. The molecule has 1 aromatic heterocycles. The third kappa shape index (κ3) is 2.73. The summed E-state index contributed by atoms with van der Waals surface area (Å²) < 4.78 is 1.11. The van der Waals surface area contributed by atoms with Crippen LogP contribution in [0, 0.1) is 6.92 Å². The fourth-order valence-electron chi connectivity index (χ4n) is 1.82. The molecule has 1 heterocycles. The molecule has 0 saturated carbocycles. The fourth-order valence-corrected chi connectivity index (χ4v) is 3.43. The summed E-state index contributed by atoms with van der Waals surface area (Å²) in [7, 11) is 0. The summed E-state index contributed by atoms with van der Waals surface area (Å²) in [6.07, 6.45) is 1.54. The lowest BCUT2D eigenvalue weighted by molar-refractivity contribution is 0.0985. The van der Waals surface area contributed by atoms with Gasteiger partial charge in [0.1, 0.15) is 0 Å². The molecule has 0 amide bonds. The Morgan fingerprint density at radius 3 is 2.78 bits per heavy atom. The van der Waals surface area contributed by atoms with E-state index in [-0.39, 0.29) is 5.78 Å². The summed E-state index contributed by atoms with van der Waals surface area (Å²) in [6, 6.07) is 10.2. The minimum absolute atomic E-state index is 0.248. The molecule has 2 aromatic rings. The maximum atomic E-state index is 11.8. The number of ketones is 1. The van der Waals surface area contributed by atoms with E-state index in [1.807, 2.05) is 25.1 Å². The van der Waals surface area contributed by atoms with Crippen molar-refractivity contribution in [2.75, 3.05) is 0 Å². The largest absolute Gasteiger partial charge is 0.293 e. The van der Waals surface area contributed by atoms with Crippen LogP contribution in [0.15, 0.2) is 34.8 Å². The van der Waals surface area contributed by atoms with Crippen molar-refractivity contribution in [2.45, 2.75) is 26.7 Å². The zero-order chi connectivity index (χ0) is 13.1. The second-order valence-electron chi connectivity index (χ2n) is 4.27. The van der Waals surface area contributed by atoms with Crippen molar-refractivity contribution in [2.24, 2.45) is 0 Å². The molecule has 0 atom stereocenters. The van der Waals surface area contributed by atoms with E-state index in [1.165, 1.54) is 5.56 Å². The highest BCUT2D eigenvalue weighted by atomic mass is 79.9. The number of halogens is 1. The second kappa shape index (κ2) is 5.81. The molecule has 0 N–H and O–H groups in total. The highest BCUT2D eigenvalue weighted by Crippen LogP contribution is 2.35. The Morgan fingerprint density at radius 1 is 1.28 bits per heavy atom. The van der Waals surface area contributed by atoms with E-state index in [9.17, 15) is 4.79 Å². The van der Waals surface area contributed by atoms with E-state index < -0.39 is 0 Å². The first-order chi connectivity index (χ1) is 8.63. The Morgan fingerprint density at radius 2 is 2.06 bits per heavy atom. The van der Waals surface area contributed by atoms with Gasteiger partial charge in [0.15, 0.2) is 5.78 Å². The minimum atomic E-state index is 0.248. The lowest BCUT2D eigenvalue weighted by Gasteiger charge is -2.04. The Bertz CT molecular complexity index is 572. The van der Waals surface area contributed by atoms with Crippen LogP contribution in [0.1, 0.15) is 35.0 Å².